The van der Waals surface area contributed by atoms with Gasteiger partial charge in [-0.25, -0.2) is 0 Å². The van der Waals surface area contributed by atoms with Crippen molar-refractivity contribution in [1.82, 2.24) is 5.06 Å². The molecule has 1 fully saturated rings. The Morgan fingerprint density at radius 3 is 2.93 bits per heavy atom. The lowest BCUT2D eigenvalue weighted by Gasteiger charge is -2.21. The summed E-state index contributed by atoms with van der Waals surface area (Å²) in [5, 5.41) is 11.8. The topological polar surface area (TPSA) is 43.4 Å². The molecule has 0 aliphatic carbocycles. The smallest absolute Gasteiger partial charge is 0.211 e. The van der Waals surface area contributed by atoms with Crippen LogP contribution in [-0.2, 0) is 4.79 Å². The lowest BCUT2D eigenvalue weighted by atomic mass is 10.1. The fourth-order valence-electron chi connectivity index (χ4n) is 1.37. The highest BCUT2D eigenvalue weighted by atomic mass is 33.1. The molecule has 0 aromatic heterocycles. The average molecular weight is 234 g/mol. The van der Waals surface area contributed by atoms with E-state index in [2.05, 4.69) is 0 Å². The molecule has 1 atom stereocenters. The van der Waals surface area contributed by atoms with E-state index in [1.807, 2.05) is 21.6 Å². The van der Waals surface area contributed by atoms with Gasteiger partial charge in [0.1, 0.15) is 0 Å². The van der Waals surface area contributed by atoms with E-state index >= 15 is 0 Å². The molecule has 5 heteroatoms. The molecule has 1 heterocycles. The van der Waals surface area contributed by atoms with E-state index in [0.29, 0.717) is 11.5 Å². The van der Waals surface area contributed by atoms with Crippen molar-refractivity contribution in [3.8, 4) is 0 Å². The summed E-state index contributed by atoms with van der Waals surface area (Å²) in [6, 6.07) is 0. The molecule has 1 rings (SSSR count). The highest BCUT2D eigenvalue weighted by molar-refractivity contribution is 8.77. The van der Waals surface area contributed by atoms with Gasteiger partial charge in [-0.05, 0) is 26.3 Å². The third-order valence-corrected chi connectivity index (χ3v) is 5.25. The number of carbonyl (C=O) groups is 1. The van der Waals surface area contributed by atoms with Crippen LogP contribution in [0.5, 0.6) is 0 Å². The van der Waals surface area contributed by atoms with Gasteiger partial charge in [-0.15, -0.1) is 0 Å². The number of amides is 1. The van der Waals surface area contributed by atoms with Crippen LogP contribution in [0.15, 0.2) is 0 Å². The van der Waals surface area contributed by atoms with Crippen LogP contribution in [-0.4, -0.2) is 29.0 Å². The van der Waals surface area contributed by atoms with E-state index < -0.39 is 0 Å². The molecule has 1 aliphatic heterocycles. The summed E-state index contributed by atoms with van der Waals surface area (Å²) < 4.78 is 0. The Labute approximate surface area is 93.0 Å². The fourth-order valence-corrected chi connectivity index (χ4v) is 4.40. The summed E-state index contributed by atoms with van der Waals surface area (Å²) in [5.41, 5.74) is 0. The molecule has 0 spiro atoms. The number of hydroxylamine groups is 2. The van der Waals surface area contributed by atoms with Crippen molar-refractivity contribution in [2.45, 2.75) is 37.4 Å². The van der Waals surface area contributed by atoms with Gasteiger partial charge in [-0.3, -0.25) is 4.79 Å². The number of nitrogens with zero attached hydrogens (tertiary/aromatic N) is 1. The second kappa shape index (κ2) is 6.58. The molecule has 14 heavy (non-hydrogen) atoms. The Morgan fingerprint density at radius 2 is 2.36 bits per heavy atom. The Balaban J connectivity index is 1.96. The lowest BCUT2D eigenvalue weighted by Crippen LogP contribution is -2.19. The van der Waals surface area contributed by atoms with E-state index in [1.54, 1.807) is 0 Å². The highest BCUT2D eigenvalue weighted by Crippen LogP contribution is 2.39. The first-order valence-electron chi connectivity index (χ1n) is 4.92. The van der Waals surface area contributed by atoms with Gasteiger partial charge in [0, 0.05) is 17.4 Å². The first-order valence-corrected chi connectivity index (χ1v) is 7.30. The zero-order valence-electron chi connectivity index (χ0n) is 8.40. The van der Waals surface area contributed by atoms with E-state index in [9.17, 15) is 10.0 Å². The molecule has 0 aromatic rings. The first-order chi connectivity index (χ1) is 6.70. The van der Waals surface area contributed by atoms with Crippen LogP contribution in [0.4, 0.5) is 0 Å². The Bertz CT molecular complexity index is 182. The third kappa shape index (κ3) is 4.57. The molecule has 0 aromatic carbocycles. The summed E-state index contributed by atoms with van der Waals surface area (Å²) in [7, 11) is 5.18. The molecular weight excluding hydrogens is 218 g/mol. The van der Waals surface area contributed by atoms with Crippen molar-refractivity contribution in [1.29, 1.82) is 0 Å². The van der Waals surface area contributed by atoms with Gasteiger partial charge >= 0.3 is 0 Å². The van der Waals surface area contributed by atoms with E-state index in [-0.39, 0.29) is 5.91 Å². The summed E-state index contributed by atoms with van der Waals surface area (Å²) in [6.07, 6.45) is 4.81. The lowest BCUT2D eigenvalue weighted by molar-refractivity contribution is -0.127. The van der Waals surface area contributed by atoms with Crippen molar-refractivity contribution in [2.24, 2.45) is 0 Å². The summed E-state index contributed by atoms with van der Waals surface area (Å²) in [5.74, 6) is 0.968. The van der Waals surface area contributed by atoms with Crippen LogP contribution >= 0.6 is 21.6 Å². The largest absolute Gasteiger partial charge is 0.756 e. The van der Waals surface area contributed by atoms with Crippen LogP contribution in [0.2, 0.25) is 0 Å². The van der Waals surface area contributed by atoms with E-state index in [4.69, 9.17) is 0 Å². The molecule has 0 bridgehead atoms. The first kappa shape index (κ1) is 12.2. The van der Waals surface area contributed by atoms with E-state index in [0.717, 1.165) is 18.1 Å². The van der Waals surface area contributed by atoms with Crippen molar-refractivity contribution in [3.05, 3.63) is 5.21 Å². The van der Waals surface area contributed by atoms with Gasteiger partial charge in [-0.1, -0.05) is 28.0 Å². The standard InChI is InChI=1S/C9H16NO2S2/c1-10(12)9(11)5-3-2-4-8-6-7-13-14-8/h8H,2-7H2,1H3/q-1. The van der Waals surface area contributed by atoms with Crippen molar-refractivity contribution in [2.75, 3.05) is 12.8 Å². The van der Waals surface area contributed by atoms with Crippen molar-refractivity contribution < 1.29 is 4.79 Å². The zero-order chi connectivity index (χ0) is 10.4. The van der Waals surface area contributed by atoms with Crippen LogP contribution in [0.1, 0.15) is 32.1 Å². The van der Waals surface area contributed by atoms with Crippen LogP contribution < -0.4 is 0 Å². The number of rotatable bonds is 5. The Hall–Kier alpha value is 0.130. The zero-order valence-corrected chi connectivity index (χ0v) is 10.0. The highest BCUT2D eigenvalue weighted by Gasteiger charge is 2.15. The number of unbranched alkanes of at least 4 members (excludes halogenated alkanes) is 1. The maximum absolute atomic E-state index is 10.9. The van der Waals surface area contributed by atoms with Crippen molar-refractivity contribution in [3.63, 3.8) is 0 Å². The predicted molar refractivity (Wildman–Crippen MR) is 63.1 cm³/mol. The third-order valence-electron chi connectivity index (χ3n) is 2.25. The maximum atomic E-state index is 10.9. The van der Waals surface area contributed by atoms with Gasteiger partial charge < -0.3 is 10.3 Å². The van der Waals surface area contributed by atoms with Gasteiger partial charge in [-0.2, -0.15) is 0 Å². The van der Waals surface area contributed by atoms with Gasteiger partial charge in [0.25, 0.3) is 0 Å². The number of hydrogen-bond acceptors (Lipinski definition) is 4. The van der Waals surface area contributed by atoms with E-state index in [1.165, 1.54) is 25.6 Å². The molecule has 1 saturated heterocycles. The van der Waals surface area contributed by atoms with Crippen molar-refractivity contribution >= 4 is 27.5 Å². The molecule has 82 valence electrons. The Morgan fingerprint density at radius 1 is 1.57 bits per heavy atom. The number of hydrogen-bond donors (Lipinski definition) is 0. The molecule has 0 saturated carbocycles. The summed E-state index contributed by atoms with van der Waals surface area (Å²) >= 11 is 0. The molecule has 1 amide bonds. The predicted octanol–water partition coefficient (Wildman–Crippen LogP) is 2.66. The number of carbonyl (C=O) groups excluding carboxylic acids is 1. The monoisotopic (exact) mass is 234 g/mol. The minimum absolute atomic E-state index is 0.293. The average Bonchev–Trinajstić information content (AvgIpc) is 2.64. The molecule has 3 nitrogen and oxygen atoms in total. The van der Waals surface area contributed by atoms with Gasteiger partial charge in [0.2, 0.25) is 5.91 Å². The maximum Gasteiger partial charge on any atom is 0.211 e. The summed E-state index contributed by atoms with van der Waals surface area (Å²) in [4.78, 5) is 10.9. The van der Waals surface area contributed by atoms with Gasteiger partial charge in [0.05, 0.1) is 0 Å². The minimum Gasteiger partial charge on any atom is -0.756 e. The van der Waals surface area contributed by atoms with Crippen LogP contribution in [0.3, 0.4) is 0 Å². The fraction of sp³-hybridized carbons (Fsp3) is 0.889. The minimum atomic E-state index is -0.293. The second-order valence-electron chi connectivity index (χ2n) is 3.47. The second-order valence-corrected chi connectivity index (χ2v) is 6.25. The van der Waals surface area contributed by atoms with Crippen LogP contribution in [0.25, 0.3) is 0 Å². The molecule has 1 unspecified atom stereocenters. The quantitative estimate of drug-likeness (QED) is 0.417. The molecule has 1 aliphatic rings. The van der Waals surface area contributed by atoms with Gasteiger partial charge in [0.15, 0.2) is 0 Å². The molecule has 0 radical (unpaired) electrons. The summed E-state index contributed by atoms with van der Waals surface area (Å²) in [6.45, 7) is 0. The Kier molecular flexibility index (Phi) is 5.74. The molecular formula is C9H16NO2S2-. The molecule has 0 N–H and O–H groups in total. The normalized spacial score (nSPS) is 21.1. The van der Waals surface area contributed by atoms with Crippen LogP contribution in [0, 0.1) is 5.21 Å². The SMILES string of the molecule is CN([O-])C(=O)CCCCC1CCSS1.